The number of sulfonamides is 1. The number of rotatable bonds is 15. The van der Waals surface area contributed by atoms with Crippen molar-refractivity contribution in [2.45, 2.75) is 45.1 Å². The molecule has 1 unspecified atom stereocenters. The maximum absolute atomic E-state index is 13.3. The Bertz CT molecular complexity index is 1680. The molecule has 0 radical (unpaired) electrons. The first-order valence-corrected chi connectivity index (χ1v) is 16.0. The number of fused-ring (bicyclic) bond motifs is 1. The van der Waals surface area contributed by atoms with Crippen LogP contribution in [-0.4, -0.2) is 67.9 Å². The molecule has 0 aliphatic heterocycles. The van der Waals surface area contributed by atoms with Gasteiger partial charge in [-0.3, -0.25) is 4.72 Å². The fourth-order valence-corrected chi connectivity index (χ4v) is 5.95. The zero-order valence-electron chi connectivity index (χ0n) is 24.9. The van der Waals surface area contributed by atoms with Crippen LogP contribution in [0.5, 0.6) is 5.75 Å². The minimum absolute atomic E-state index is 0.0112. The lowest BCUT2D eigenvalue weighted by molar-refractivity contribution is -0.106. The van der Waals surface area contributed by atoms with E-state index >= 15 is 0 Å². The average molecular weight is 648 g/mol. The number of carbonyl (C=O) groups is 1. The fraction of sp³-hybridized carbons (Fsp3) is 0.344. The Morgan fingerprint density at radius 3 is 2.33 bits per heavy atom. The van der Waals surface area contributed by atoms with Crippen LogP contribution in [-0.2, 0) is 27.7 Å². The topological polar surface area (TPSA) is 119 Å². The lowest BCUT2D eigenvalue weighted by Crippen LogP contribution is -2.37. The molecule has 0 saturated heterocycles. The first-order chi connectivity index (χ1) is 21.3. The number of aliphatic hydroxyl groups excluding tert-OH is 1. The zero-order valence-corrected chi connectivity index (χ0v) is 25.7. The Kier molecular flexibility index (Phi) is 11.1. The third-order valence-corrected chi connectivity index (χ3v) is 8.12. The van der Waals surface area contributed by atoms with E-state index in [9.17, 15) is 31.5 Å². The second-order valence-corrected chi connectivity index (χ2v) is 12.3. The van der Waals surface area contributed by atoms with Gasteiger partial charge in [0.25, 0.3) is 0 Å². The highest BCUT2D eigenvalue weighted by Crippen LogP contribution is 2.30. The largest absolute Gasteiger partial charge is 0.491 e. The number of nitrogens with zero attached hydrogens (tertiary/aromatic N) is 1. The number of halogens is 3. The summed E-state index contributed by atoms with van der Waals surface area (Å²) in [6.45, 7) is 4.41. The molecule has 3 N–H and O–H groups in total. The number of aromatic nitrogens is 1. The highest BCUT2D eigenvalue weighted by Gasteiger charge is 2.35. The number of para-hydroxylation sites is 2. The number of hydrogen-bond acceptors (Lipinski definition) is 7. The first kappa shape index (κ1) is 33.8. The van der Waals surface area contributed by atoms with Crippen molar-refractivity contribution in [3.8, 4) is 5.75 Å². The van der Waals surface area contributed by atoms with Crippen LogP contribution >= 0.6 is 0 Å². The van der Waals surface area contributed by atoms with Gasteiger partial charge in [-0.25, -0.2) is 13.2 Å². The van der Waals surface area contributed by atoms with E-state index in [2.05, 4.69) is 5.32 Å². The van der Waals surface area contributed by atoms with Crippen LogP contribution in [0.15, 0.2) is 78.9 Å². The summed E-state index contributed by atoms with van der Waals surface area (Å²) in [5, 5.41) is 14.6. The van der Waals surface area contributed by atoms with Crippen molar-refractivity contribution in [2.75, 3.05) is 30.2 Å². The number of hydrogen-bond donors (Lipinski definition) is 3. The Balaban J connectivity index is 1.53. The summed E-state index contributed by atoms with van der Waals surface area (Å²) in [4.78, 5) is 13.3. The highest BCUT2D eigenvalue weighted by molar-refractivity contribution is 7.92. The Morgan fingerprint density at radius 2 is 1.67 bits per heavy atom. The van der Waals surface area contributed by atoms with Crippen molar-refractivity contribution in [3.05, 3.63) is 95.7 Å². The average Bonchev–Trinajstić information content (AvgIpc) is 3.28. The van der Waals surface area contributed by atoms with E-state index in [4.69, 9.17) is 9.47 Å². The molecule has 2 atom stereocenters. The molecule has 0 aliphatic rings. The lowest BCUT2D eigenvalue weighted by atomic mass is 10.0. The van der Waals surface area contributed by atoms with Crippen molar-refractivity contribution in [1.29, 1.82) is 0 Å². The van der Waals surface area contributed by atoms with Gasteiger partial charge in [0.1, 0.15) is 24.2 Å². The van der Waals surface area contributed by atoms with Gasteiger partial charge in [-0.2, -0.15) is 13.2 Å². The van der Waals surface area contributed by atoms with Gasteiger partial charge in [-0.05, 0) is 61.7 Å². The third-order valence-electron chi connectivity index (χ3n) is 6.86. The SMILES string of the molecule is CCOC(=O)c1c(CC(C)NC[C@H](O)COc2ccccc2)c2ccccc2n1Cc1ccc(NS(=O)(=O)CC(F)(F)F)cc1. The molecule has 1 aromatic heterocycles. The normalized spacial score (nSPS) is 13.4. The number of benzene rings is 3. The molecule has 0 fully saturated rings. The molecule has 13 heteroatoms. The fourth-order valence-electron chi connectivity index (χ4n) is 4.95. The van der Waals surface area contributed by atoms with Gasteiger partial charge < -0.3 is 24.5 Å². The molecule has 0 saturated carbocycles. The molecule has 3 aromatic carbocycles. The van der Waals surface area contributed by atoms with Crippen LogP contribution in [0.2, 0.25) is 0 Å². The summed E-state index contributed by atoms with van der Waals surface area (Å²) in [6.07, 6.45) is -5.20. The van der Waals surface area contributed by atoms with E-state index in [0.29, 0.717) is 23.4 Å². The predicted octanol–water partition coefficient (Wildman–Crippen LogP) is 5.13. The number of esters is 1. The van der Waals surface area contributed by atoms with Gasteiger partial charge in [0.05, 0.1) is 6.61 Å². The van der Waals surface area contributed by atoms with Gasteiger partial charge in [-0.15, -0.1) is 0 Å². The van der Waals surface area contributed by atoms with Gasteiger partial charge >= 0.3 is 12.1 Å². The maximum Gasteiger partial charge on any atom is 0.404 e. The summed E-state index contributed by atoms with van der Waals surface area (Å²) >= 11 is 0. The molecule has 0 spiro atoms. The third kappa shape index (κ3) is 9.71. The number of nitrogens with one attached hydrogen (secondary N) is 2. The second-order valence-electron chi connectivity index (χ2n) is 10.6. The van der Waals surface area contributed by atoms with Crippen molar-refractivity contribution < 1.29 is 41.0 Å². The highest BCUT2D eigenvalue weighted by atomic mass is 32.2. The van der Waals surface area contributed by atoms with E-state index in [1.54, 1.807) is 19.1 Å². The molecule has 45 heavy (non-hydrogen) atoms. The monoisotopic (exact) mass is 647 g/mol. The van der Waals surface area contributed by atoms with Crippen molar-refractivity contribution in [1.82, 2.24) is 9.88 Å². The van der Waals surface area contributed by atoms with Gasteiger partial charge in [0.15, 0.2) is 5.75 Å². The van der Waals surface area contributed by atoms with Crippen LogP contribution in [0.4, 0.5) is 18.9 Å². The maximum atomic E-state index is 13.3. The molecule has 9 nitrogen and oxygen atoms in total. The van der Waals surface area contributed by atoms with E-state index in [-0.39, 0.29) is 38.0 Å². The molecule has 0 bridgehead atoms. The van der Waals surface area contributed by atoms with Crippen LogP contribution in [0.25, 0.3) is 10.9 Å². The van der Waals surface area contributed by atoms with E-state index in [0.717, 1.165) is 16.5 Å². The van der Waals surface area contributed by atoms with Gasteiger partial charge in [0, 0.05) is 35.7 Å². The summed E-state index contributed by atoms with van der Waals surface area (Å²) in [5.74, 6) is -1.84. The molecule has 0 aliphatic carbocycles. The quantitative estimate of drug-likeness (QED) is 0.153. The molecule has 242 valence electrons. The van der Waals surface area contributed by atoms with Crippen LogP contribution < -0.4 is 14.8 Å². The van der Waals surface area contributed by atoms with E-state index in [1.165, 1.54) is 12.1 Å². The molecular formula is C32H36F3N3O6S. The Morgan fingerprint density at radius 1 is 1.00 bits per heavy atom. The van der Waals surface area contributed by atoms with Crippen LogP contribution in [0.1, 0.15) is 35.5 Å². The summed E-state index contributed by atoms with van der Waals surface area (Å²) in [6, 6.07) is 22.5. The van der Waals surface area contributed by atoms with Crippen molar-refractivity contribution >= 4 is 32.6 Å². The minimum Gasteiger partial charge on any atom is -0.491 e. The minimum atomic E-state index is -4.87. The summed E-state index contributed by atoms with van der Waals surface area (Å²) in [5.41, 5.74) is 2.56. The number of carbonyl (C=O) groups excluding carboxylic acids is 1. The van der Waals surface area contributed by atoms with E-state index in [1.807, 2.05) is 70.8 Å². The van der Waals surface area contributed by atoms with E-state index < -0.39 is 34.0 Å². The zero-order chi connectivity index (χ0) is 32.6. The molecule has 0 amide bonds. The van der Waals surface area contributed by atoms with Crippen molar-refractivity contribution in [2.24, 2.45) is 0 Å². The lowest BCUT2D eigenvalue weighted by Gasteiger charge is -2.18. The number of alkyl halides is 3. The Labute approximate surface area is 260 Å². The van der Waals surface area contributed by atoms with Crippen LogP contribution in [0, 0.1) is 0 Å². The summed E-state index contributed by atoms with van der Waals surface area (Å²) < 4.78 is 76.4. The number of anilines is 1. The standard InChI is InChI=1S/C32H36F3N3O6S/c1-3-43-31(40)30-28(17-22(2)36-18-25(39)20-44-26-9-5-4-6-10-26)27-11-7-8-12-29(27)38(30)19-23-13-15-24(16-14-23)37-45(41,42)21-32(33,34)35/h4-16,22,25,36-37,39H,3,17-21H2,1-2H3/t22?,25-/m0/s1. The van der Waals surface area contributed by atoms with Gasteiger partial charge in [-0.1, -0.05) is 48.5 Å². The molecule has 1 heterocycles. The predicted molar refractivity (Wildman–Crippen MR) is 166 cm³/mol. The number of aliphatic hydroxyl groups is 1. The smallest absolute Gasteiger partial charge is 0.404 e. The van der Waals surface area contributed by atoms with Crippen molar-refractivity contribution in [3.63, 3.8) is 0 Å². The second kappa shape index (κ2) is 14.8. The summed E-state index contributed by atoms with van der Waals surface area (Å²) in [7, 11) is -4.62. The van der Waals surface area contributed by atoms with Gasteiger partial charge in [0.2, 0.25) is 10.0 Å². The Hall–Kier alpha value is -4.07. The first-order valence-electron chi connectivity index (χ1n) is 14.4. The molecule has 4 aromatic rings. The number of ether oxygens (including phenoxy) is 2. The molecule has 4 rings (SSSR count). The molecular weight excluding hydrogens is 611 g/mol. The van der Waals surface area contributed by atoms with Crippen LogP contribution in [0.3, 0.4) is 0 Å².